The van der Waals surface area contributed by atoms with Gasteiger partial charge in [-0.15, -0.1) is 0 Å². The van der Waals surface area contributed by atoms with Crippen molar-refractivity contribution >= 4 is 22.7 Å². The van der Waals surface area contributed by atoms with E-state index in [1.165, 1.54) is 16.7 Å². The predicted molar refractivity (Wildman–Crippen MR) is 212 cm³/mol. The summed E-state index contributed by atoms with van der Waals surface area (Å²) in [6, 6.07) is 35.6. The first-order valence-corrected chi connectivity index (χ1v) is 17.9. The summed E-state index contributed by atoms with van der Waals surface area (Å²) < 4.78 is 2.23. The highest BCUT2D eigenvalue weighted by Gasteiger charge is 2.23. The summed E-state index contributed by atoms with van der Waals surface area (Å²) in [5.41, 5.74) is 15.9. The Hall–Kier alpha value is -6.61. The van der Waals surface area contributed by atoms with Crippen molar-refractivity contribution < 1.29 is 0 Å². The fourth-order valence-corrected chi connectivity index (χ4v) is 7.57. The minimum Gasteiger partial charge on any atom is -0.355 e. The van der Waals surface area contributed by atoms with Gasteiger partial charge >= 0.3 is 0 Å². The first-order valence-electron chi connectivity index (χ1n) is 17.9. The molecule has 0 radical (unpaired) electrons. The van der Waals surface area contributed by atoms with Crippen molar-refractivity contribution in [2.45, 2.75) is 52.9 Å². The van der Waals surface area contributed by atoms with Crippen LogP contribution in [-0.2, 0) is 6.42 Å². The Balaban J connectivity index is 1.34. The number of nitrogens with one attached hydrogen (secondary N) is 1. The average molecular weight is 674 g/mol. The van der Waals surface area contributed by atoms with Gasteiger partial charge in [0.2, 0.25) is 0 Å². The SMILES string of the molecule is CCCC(=C(C)C)C1=C(Nc2ccc(C#N)c(-c3cccc(-c4ccccc4-n4c5c(c6cc(C#N)ccc64)CCC(C#N)=C5)c3)c2)C=CC=CC1. The van der Waals surface area contributed by atoms with Crippen LogP contribution in [-0.4, -0.2) is 4.57 Å². The van der Waals surface area contributed by atoms with E-state index < -0.39 is 0 Å². The molecule has 1 aromatic heterocycles. The molecule has 5 aromatic rings. The van der Waals surface area contributed by atoms with Crippen molar-refractivity contribution in [3.05, 3.63) is 160 Å². The molecular weight excluding hydrogens is 635 g/mol. The topological polar surface area (TPSA) is 88.3 Å². The molecule has 0 spiro atoms. The fraction of sp³-hybridized carbons (Fsp3) is 0.170. The van der Waals surface area contributed by atoms with Crippen LogP contribution < -0.4 is 5.32 Å². The lowest BCUT2D eigenvalue weighted by atomic mass is 9.92. The van der Waals surface area contributed by atoms with Gasteiger partial charge in [-0.3, -0.25) is 0 Å². The molecule has 0 atom stereocenters. The molecule has 0 saturated carbocycles. The lowest BCUT2D eigenvalue weighted by molar-refractivity contribution is 0.884. The Morgan fingerprint density at radius 1 is 0.808 bits per heavy atom. The second-order valence-electron chi connectivity index (χ2n) is 13.5. The molecule has 0 saturated heterocycles. The third-order valence-electron chi connectivity index (χ3n) is 10.0. The van der Waals surface area contributed by atoms with Crippen LogP contribution in [0.15, 0.2) is 137 Å². The lowest BCUT2D eigenvalue weighted by Gasteiger charge is -2.19. The maximum Gasteiger partial charge on any atom is 0.0998 e. The highest BCUT2D eigenvalue weighted by Crippen LogP contribution is 2.40. The highest BCUT2D eigenvalue weighted by molar-refractivity contribution is 5.94. The van der Waals surface area contributed by atoms with E-state index in [0.717, 1.165) is 92.7 Å². The molecule has 252 valence electrons. The van der Waals surface area contributed by atoms with Crippen LogP contribution >= 0.6 is 0 Å². The number of nitrogens with zero attached hydrogens (tertiary/aromatic N) is 4. The quantitative estimate of drug-likeness (QED) is 0.177. The van der Waals surface area contributed by atoms with Crippen molar-refractivity contribution in [3.63, 3.8) is 0 Å². The molecule has 2 aliphatic carbocycles. The molecule has 0 aliphatic heterocycles. The number of fused-ring (bicyclic) bond motifs is 3. The Kier molecular flexibility index (Phi) is 9.58. The van der Waals surface area contributed by atoms with Crippen molar-refractivity contribution in [1.82, 2.24) is 4.57 Å². The Labute approximate surface area is 306 Å². The van der Waals surface area contributed by atoms with Gasteiger partial charge in [-0.25, -0.2) is 0 Å². The minimum absolute atomic E-state index is 0.604. The first-order chi connectivity index (χ1) is 25.4. The van der Waals surface area contributed by atoms with E-state index in [2.05, 4.69) is 110 Å². The van der Waals surface area contributed by atoms with Gasteiger partial charge in [-0.2, -0.15) is 15.8 Å². The van der Waals surface area contributed by atoms with Gasteiger partial charge in [0.1, 0.15) is 0 Å². The van der Waals surface area contributed by atoms with E-state index in [1.807, 2.05) is 54.6 Å². The monoisotopic (exact) mass is 673 g/mol. The van der Waals surface area contributed by atoms with Crippen LogP contribution in [0.2, 0.25) is 0 Å². The first kappa shape index (κ1) is 33.9. The molecule has 1 N–H and O–H groups in total. The van der Waals surface area contributed by atoms with Gasteiger partial charge in [0.15, 0.2) is 0 Å². The van der Waals surface area contributed by atoms with E-state index in [9.17, 15) is 15.8 Å². The van der Waals surface area contributed by atoms with Crippen LogP contribution in [0.3, 0.4) is 0 Å². The van der Waals surface area contributed by atoms with E-state index >= 15 is 0 Å². The van der Waals surface area contributed by atoms with Gasteiger partial charge < -0.3 is 9.88 Å². The third kappa shape index (κ3) is 6.40. The van der Waals surface area contributed by atoms with Crippen molar-refractivity contribution in [2.24, 2.45) is 0 Å². The number of rotatable bonds is 8. The summed E-state index contributed by atoms with van der Waals surface area (Å²) in [5, 5.41) is 34.6. The molecule has 0 amide bonds. The van der Waals surface area contributed by atoms with Gasteiger partial charge in [0.05, 0.1) is 46.2 Å². The minimum atomic E-state index is 0.604. The van der Waals surface area contributed by atoms with Gasteiger partial charge in [-0.05, 0) is 128 Å². The maximum atomic E-state index is 10.3. The van der Waals surface area contributed by atoms with Crippen molar-refractivity contribution in [2.75, 3.05) is 5.32 Å². The number of aromatic nitrogens is 1. The summed E-state index contributed by atoms with van der Waals surface area (Å²) >= 11 is 0. The summed E-state index contributed by atoms with van der Waals surface area (Å²) in [7, 11) is 0. The van der Waals surface area contributed by atoms with E-state index in [0.29, 0.717) is 17.5 Å². The van der Waals surface area contributed by atoms with Gasteiger partial charge in [0.25, 0.3) is 0 Å². The fourth-order valence-electron chi connectivity index (χ4n) is 7.57. The number of benzene rings is 4. The second kappa shape index (κ2) is 14.7. The van der Waals surface area contributed by atoms with Crippen LogP contribution in [0.25, 0.3) is 44.9 Å². The molecule has 5 heteroatoms. The van der Waals surface area contributed by atoms with Crippen molar-refractivity contribution in [1.29, 1.82) is 15.8 Å². The zero-order valence-corrected chi connectivity index (χ0v) is 29.8. The molecule has 2 aliphatic rings. The molecule has 1 heterocycles. The van der Waals surface area contributed by atoms with E-state index in [-0.39, 0.29) is 0 Å². The third-order valence-corrected chi connectivity index (χ3v) is 10.0. The summed E-state index contributed by atoms with van der Waals surface area (Å²) in [6.07, 6.45) is 14.9. The summed E-state index contributed by atoms with van der Waals surface area (Å²) in [4.78, 5) is 0. The summed E-state index contributed by atoms with van der Waals surface area (Å²) in [5.74, 6) is 0. The molecule has 0 fully saturated rings. The number of para-hydroxylation sites is 1. The molecule has 4 aromatic carbocycles. The largest absolute Gasteiger partial charge is 0.355 e. The van der Waals surface area contributed by atoms with Crippen molar-refractivity contribution in [3.8, 4) is 46.1 Å². The number of anilines is 1. The van der Waals surface area contributed by atoms with Gasteiger partial charge in [-0.1, -0.05) is 73.5 Å². The van der Waals surface area contributed by atoms with Crippen LogP contribution in [0.4, 0.5) is 5.69 Å². The number of nitriles is 3. The smallest absolute Gasteiger partial charge is 0.0998 e. The molecular formula is C47H39N5. The highest BCUT2D eigenvalue weighted by atomic mass is 15.0. The predicted octanol–water partition coefficient (Wildman–Crippen LogP) is 11.9. The average Bonchev–Trinajstić information content (AvgIpc) is 3.32. The maximum absolute atomic E-state index is 10.3. The number of allylic oxidation sites excluding steroid dienone is 8. The number of hydrogen-bond donors (Lipinski definition) is 1. The zero-order valence-electron chi connectivity index (χ0n) is 29.8. The second-order valence-corrected chi connectivity index (χ2v) is 13.5. The van der Waals surface area contributed by atoms with Crippen LogP contribution in [0.1, 0.15) is 68.8 Å². The molecule has 0 bridgehead atoms. The number of hydrogen-bond acceptors (Lipinski definition) is 4. The lowest BCUT2D eigenvalue weighted by Crippen LogP contribution is -2.05. The van der Waals surface area contributed by atoms with Crippen LogP contribution in [0, 0.1) is 34.0 Å². The Bertz CT molecular complexity index is 2520. The van der Waals surface area contributed by atoms with E-state index in [4.69, 9.17) is 0 Å². The molecule has 0 unspecified atom stereocenters. The molecule has 52 heavy (non-hydrogen) atoms. The number of aryl methyl sites for hydroxylation is 1. The Morgan fingerprint density at radius 2 is 1.63 bits per heavy atom. The zero-order chi connectivity index (χ0) is 36.2. The normalized spacial score (nSPS) is 13.4. The Morgan fingerprint density at radius 3 is 2.40 bits per heavy atom. The molecule has 7 rings (SSSR count). The molecule has 5 nitrogen and oxygen atoms in total. The summed E-state index contributed by atoms with van der Waals surface area (Å²) in [6.45, 7) is 6.61. The van der Waals surface area contributed by atoms with Crippen LogP contribution in [0.5, 0.6) is 0 Å². The standard InChI is InChI=1S/C47H39N5/c1-4-11-38(31(2)3)40-15-6-5-7-16-44(40)51-37-21-20-36(30-50)42(27-37)35-13-10-12-34(26-35)39-14-8-9-17-45(39)52-46-23-19-32(28-48)24-43(46)41-22-18-33(29-49)25-47(41)52/h5-10,12-14,16-17,19-21,23-27,51H,4,11,15,18,22H2,1-3H3. The van der Waals surface area contributed by atoms with E-state index in [1.54, 1.807) is 0 Å². The van der Waals surface area contributed by atoms with Gasteiger partial charge in [0, 0.05) is 33.5 Å².